The Bertz CT molecular complexity index is 134. The van der Waals surface area contributed by atoms with E-state index >= 15 is 0 Å². The van der Waals surface area contributed by atoms with Gasteiger partial charge >= 0.3 is 0 Å². The number of aliphatic hydroxyl groups excluding tert-OH is 1. The van der Waals surface area contributed by atoms with Gasteiger partial charge in [0.2, 0.25) is 11.8 Å². The summed E-state index contributed by atoms with van der Waals surface area (Å²) in [6.45, 7) is 0. The van der Waals surface area contributed by atoms with Crippen molar-refractivity contribution in [3.8, 4) is 0 Å². The van der Waals surface area contributed by atoms with Crippen molar-refractivity contribution in [2.24, 2.45) is 11.5 Å². The van der Waals surface area contributed by atoms with Crippen molar-refractivity contribution in [1.29, 1.82) is 0 Å². The van der Waals surface area contributed by atoms with Gasteiger partial charge in [0.1, 0.15) is 6.10 Å². The lowest BCUT2D eigenvalue weighted by atomic mass is 10.2. The molecule has 9 heavy (non-hydrogen) atoms. The molecule has 0 radical (unpaired) electrons. The summed E-state index contributed by atoms with van der Waals surface area (Å²) in [4.78, 5) is 20.0. The van der Waals surface area contributed by atoms with Gasteiger partial charge in [0, 0.05) is 0 Å². The van der Waals surface area contributed by atoms with E-state index in [0.29, 0.717) is 0 Å². The largest absolute Gasteiger partial charge is 0.383 e. The van der Waals surface area contributed by atoms with E-state index < -0.39 is 24.3 Å². The minimum atomic E-state index is -1.44. The van der Waals surface area contributed by atoms with Gasteiger partial charge in [-0.05, 0) is 0 Å². The van der Waals surface area contributed by atoms with Crippen LogP contribution in [0, 0.1) is 0 Å². The van der Waals surface area contributed by atoms with Gasteiger partial charge in [-0.15, -0.1) is 0 Å². The summed E-state index contributed by atoms with van der Waals surface area (Å²) < 4.78 is 0. The lowest BCUT2D eigenvalue weighted by Gasteiger charge is -2.00. The molecule has 1 atom stereocenters. The molecule has 0 fully saturated rings. The Morgan fingerprint density at radius 2 is 1.89 bits per heavy atom. The third kappa shape index (κ3) is 3.48. The Balaban J connectivity index is 3.63. The van der Waals surface area contributed by atoms with Crippen LogP contribution in [0.25, 0.3) is 0 Å². The number of primary amides is 2. The summed E-state index contributed by atoms with van der Waals surface area (Å²) in [6.07, 6.45) is -1.85. The van der Waals surface area contributed by atoms with Crippen LogP contribution >= 0.6 is 0 Å². The average Bonchev–Trinajstić information content (AvgIpc) is 1.63. The Morgan fingerprint density at radius 3 is 2.00 bits per heavy atom. The smallest absolute Gasteiger partial charge is 0.246 e. The third-order valence-corrected chi connectivity index (χ3v) is 0.723. The Morgan fingerprint density at radius 1 is 1.44 bits per heavy atom. The molecule has 0 aliphatic rings. The van der Waals surface area contributed by atoms with Crippen LogP contribution in [0.5, 0.6) is 0 Å². The van der Waals surface area contributed by atoms with Crippen LogP contribution in [0.2, 0.25) is 0 Å². The van der Waals surface area contributed by atoms with Gasteiger partial charge in [0.15, 0.2) is 0 Å². The van der Waals surface area contributed by atoms with E-state index in [9.17, 15) is 9.59 Å². The van der Waals surface area contributed by atoms with E-state index in [0.717, 1.165) is 0 Å². The van der Waals surface area contributed by atoms with Gasteiger partial charge in [-0.3, -0.25) is 9.59 Å². The molecule has 0 unspecified atom stereocenters. The second-order valence-corrected chi connectivity index (χ2v) is 1.59. The first-order valence-corrected chi connectivity index (χ1v) is 2.29. The van der Waals surface area contributed by atoms with Gasteiger partial charge in [-0.25, -0.2) is 0 Å². The van der Waals surface area contributed by atoms with Gasteiger partial charge in [-0.2, -0.15) is 0 Å². The Kier molecular flexibility index (Phi) is 2.66. The normalized spacial score (nSPS) is 12.6. The summed E-state index contributed by atoms with van der Waals surface area (Å²) in [5.41, 5.74) is 9.21. The van der Waals surface area contributed by atoms with Crippen molar-refractivity contribution in [1.82, 2.24) is 0 Å². The van der Waals surface area contributed by atoms with Gasteiger partial charge in [-0.1, -0.05) is 0 Å². The number of carbonyl (C=O) groups excluding carboxylic acids is 2. The van der Waals surface area contributed by atoms with Crippen molar-refractivity contribution in [2.75, 3.05) is 0 Å². The van der Waals surface area contributed by atoms with E-state index in [2.05, 4.69) is 11.5 Å². The molecule has 0 rings (SSSR count). The average molecular weight is 132 g/mol. The topological polar surface area (TPSA) is 106 Å². The van der Waals surface area contributed by atoms with Crippen molar-refractivity contribution in [3.05, 3.63) is 0 Å². The minimum absolute atomic E-state index is 0.407. The van der Waals surface area contributed by atoms with Crippen LogP contribution in [0.1, 0.15) is 6.42 Å². The van der Waals surface area contributed by atoms with Crippen LogP contribution in [-0.4, -0.2) is 23.0 Å². The molecule has 0 saturated carbocycles. The zero-order chi connectivity index (χ0) is 7.44. The Labute approximate surface area is 51.6 Å². The zero-order valence-electron chi connectivity index (χ0n) is 4.70. The number of hydrogen-bond acceptors (Lipinski definition) is 3. The number of rotatable bonds is 3. The fourth-order valence-corrected chi connectivity index (χ4v) is 0.291. The van der Waals surface area contributed by atoms with Crippen molar-refractivity contribution in [2.45, 2.75) is 12.5 Å². The van der Waals surface area contributed by atoms with Crippen LogP contribution in [0.3, 0.4) is 0 Å². The number of hydrogen-bond donors (Lipinski definition) is 3. The highest BCUT2D eigenvalue weighted by Gasteiger charge is 2.12. The molecule has 0 aliphatic heterocycles. The number of aliphatic hydroxyl groups is 1. The first-order valence-electron chi connectivity index (χ1n) is 2.29. The summed E-state index contributed by atoms with van der Waals surface area (Å²) in [7, 11) is 0. The number of carbonyl (C=O) groups is 2. The first kappa shape index (κ1) is 7.90. The maximum atomic E-state index is 10.00. The quantitative estimate of drug-likeness (QED) is 0.402. The molecule has 5 heteroatoms. The molecule has 0 aromatic heterocycles. The van der Waals surface area contributed by atoms with Crippen LogP contribution < -0.4 is 11.5 Å². The van der Waals surface area contributed by atoms with E-state index in [1.54, 1.807) is 0 Å². The lowest BCUT2D eigenvalue weighted by molar-refractivity contribution is -0.131. The highest BCUT2D eigenvalue weighted by Crippen LogP contribution is 1.86. The second kappa shape index (κ2) is 3.03. The fraction of sp³-hybridized carbons (Fsp3) is 0.500. The zero-order valence-corrected chi connectivity index (χ0v) is 4.70. The van der Waals surface area contributed by atoms with Crippen molar-refractivity contribution >= 4 is 11.8 Å². The van der Waals surface area contributed by atoms with Crippen LogP contribution in [-0.2, 0) is 9.59 Å². The molecular formula is C4H8N2O3. The van der Waals surface area contributed by atoms with E-state index in [4.69, 9.17) is 5.11 Å². The molecule has 5 nitrogen and oxygen atoms in total. The lowest BCUT2D eigenvalue weighted by Crippen LogP contribution is -2.32. The van der Waals surface area contributed by atoms with Crippen molar-refractivity contribution < 1.29 is 14.7 Å². The van der Waals surface area contributed by atoms with Crippen LogP contribution in [0.15, 0.2) is 0 Å². The van der Waals surface area contributed by atoms with E-state index in [1.165, 1.54) is 0 Å². The van der Waals surface area contributed by atoms with E-state index in [-0.39, 0.29) is 0 Å². The highest BCUT2D eigenvalue weighted by atomic mass is 16.3. The minimum Gasteiger partial charge on any atom is -0.383 e. The summed E-state index contributed by atoms with van der Waals surface area (Å²) >= 11 is 0. The second-order valence-electron chi connectivity index (χ2n) is 1.59. The first-order chi connectivity index (χ1) is 4.04. The molecule has 2 amide bonds. The van der Waals surface area contributed by atoms with Crippen LogP contribution in [0.4, 0.5) is 0 Å². The SMILES string of the molecule is NC(=O)C[C@@H](O)C(N)=O. The summed E-state index contributed by atoms with van der Waals surface area (Å²) in [6, 6.07) is 0. The summed E-state index contributed by atoms with van der Waals surface area (Å²) in [5.74, 6) is -1.69. The molecule has 52 valence electrons. The predicted molar refractivity (Wildman–Crippen MR) is 29.0 cm³/mol. The molecule has 0 aromatic carbocycles. The molecule has 0 aromatic rings. The maximum absolute atomic E-state index is 10.00. The Hall–Kier alpha value is -1.10. The van der Waals surface area contributed by atoms with Gasteiger partial charge < -0.3 is 16.6 Å². The van der Waals surface area contributed by atoms with Gasteiger partial charge in [0.05, 0.1) is 6.42 Å². The predicted octanol–water partition coefficient (Wildman–Crippen LogP) is -2.29. The monoisotopic (exact) mass is 132 g/mol. The van der Waals surface area contributed by atoms with Crippen molar-refractivity contribution in [3.63, 3.8) is 0 Å². The molecule has 0 spiro atoms. The number of amides is 2. The standard InChI is InChI=1S/C4H8N2O3/c5-3(8)1-2(7)4(6)9/h2,7H,1H2,(H2,5,8)(H2,6,9)/t2-/m1/s1. The maximum Gasteiger partial charge on any atom is 0.246 e. The molecule has 0 saturated heterocycles. The summed E-state index contributed by atoms with van der Waals surface area (Å²) in [5, 5.41) is 8.52. The van der Waals surface area contributed by atoms with E-state index in [1.807, 2.05) is 0 Å². The molecule has 0 aliphatic carbocycles. The molecule has 0 bridgehead atoms. The molecule has 0 heterocycles. The molecular weight excluding hydrogens is 124 g/mol. The number of nitrogens with two attached hydrogens (primary N) is 2. The molecule has 5 N–H and O–H groups in total. The van der Waals surface area contributed by atoms with Gasteiger partial charge in [0.25, 0.3) is 0 Å². The highest BCUT2D eigenvalue weighted by molar-refractivity contribution is 5.85. The fourth-order valence-electron chi connectivity index (χ4n) is 0.291. The third-order valence-electron chi connectivity index (χ3n) is 0.723.